The minimum absolute atomic E-state index is 1.07. The Bertz CT molecular complexity index is 372. The minimum atomic E-state index is 1.07. The maximum Gasteiger partial charge on any atom is -0.0318 e. The molecule has 5 aliphatic rings. The molecule has 0 saturated heterocycles. The summed E-state index contributed by atoms with van der Waals surface area (Å²) in [5.41, 5.74) is 0. The summed E-state index contributed by atoms with van der Waals surface area (Å²) in [6.07, 6.45) is 9.31. The molecule has 4 bridgehead atoms. The molecule has 5 aliphatic carbocycles. The fraction of sp³-hybridized carbons (Fsp3) is 1.00. The predicted octanol–water partition coefficient (Wildman–Crippen LogP) is 6.65. The minimum Gasteiger partial charge on any atom is -0.0683 e. The van der Waals surface area contributed by atoms with E-state index in [2.05, 4.69) is 27.7 Å². The van der Waals surface area contributed by atoms with E-state index in [1.54, 1.807) is 32.1 Å². The predicted molar refractivity (Wildman–Crippen MR) is 96.6 cm³/mol. The molecule has 0 heteroatoms. The maximum atomic E-state index is 2.57. The molecular formula is C22H40. The zero-order valence-electron chi connectivity index (χ0n) is 16.0. The van der Waals surface area contributed by atoms with E-state index in [4.69, 9.17) is 0 Å². The van der Waals surface area contributed by atoms with Crippen molar-refractivity contribution in [3.05, 3.63) is 0 Å². The van der Waals surface area contributed by atoms with Crippen molar-refractivity contribution in [2.45, 2.75) is 80.1 Å². The summed E-state index contributed by atoms with van der Waals surface area (Å²) in [5, 5.41) is 0. The third kappa shape index (κ3) is 2.22. The van der Waals surface area contributed by atoms with E-state index in [0.717, 1.165) is 17.8 Å². The van der Waals surface area contributed by atoms with Gasteiger partial charge in [0.15, 0.2) is 0 Å². The number of rotatable bonds is 0. The van der Waals surface area contributed by atoms with Crippen LogP contribution in [-0.2, 0) is 0 Å². The third-order valence-electron chi connectivity index (χ3n) is 8.15. The standard InChI is InChI=1S/C17H26.C3H8.C2H6/c1-8-3-4-11-13-7-14(15(8)11)17-12-6-10(16(13)17)5-9(12)2;1-3-2;1-2/h8-17H,3-7H2,1-2H3;3H2,1-2H3;1-2H3. The van der Waals surface area contributed by atoms with Crippen molar-refractivity contribution in [1.29, 1.82) is 0 Å². The molecule has 0 aromatic carbocycles. The summed E-state index contributed by atoms with van der Waals surface area (Å²) in [7, 11) is 0. The van der Waals surface area contributed by atoms with E-state index < -0.39 is 0 Å². The van der Waals surface area contributed by atoms with E-state index in [0.29, 0.717) is 0 Å². The average molecular weight is 305 g/mol. The second-order valence-electron chi connectivity index (χ2n) is 9.09. The van der Waals surface area contributed by atoms with Gasteiger partial charge in [0.05, 0.1) is 0 Å². The Balaban J connectivity index is 0.000000261. The Kier molecular flexibility index (Phi) is 4.96. The van der Waals surface area contributed by atoms with Crippen molar-refractivity contribution in [2.75, 3.05) is 0 Å². The van der Waals surface area contributed by atoms with Crippen molar-refractivity contribution in [3.63, 3.8) is 0 Å². The molecule has 0 radical (unpaired) electrons. The summed E-state index contributed by atoms with van der Waals surface area (Å²) in [4.78, 5) is 0. The molecule has 0 aromatic rings. The summed E-state index contributed by atoms with van der Waals surface area (Å²) in [6, 6.07) is 0. The molecule has 22 heavy (non-hydrogen) atoms. The SMILES string of the molecule is CC.CC1CC2CC1C1C3CC(C4CCC(C)C43)C21.CCC. The van der Waals surface area contributed by atoms with Gasteiger partial charge in [-0.05, 0) is 84.9 Å². The van der Waals surface area contributed by atoms with Gasteiger partial charge in [0.1, 0.15) is 0 Å². The van der Waals surface area contributed by atoms with Crippen molar-refractivity contribution in [3.8, 4) is 0 Å². The van der Waals surface area contributed by atoms with Gasteiger partial charge in [-0.3, -0.25) is 0 Å². The molecular weight excluding hydrogens is 264 g/mol. The molecule has 0 N–H and O–H groups in total. The lowest BCUT2D eigenvalue weighted by molar-refractivity contribution is 0.0395. The highest BCUT2D eigenvalue weighted by Gasteiger charge is 2.67. The molecule has 0 amide bonds. The first-order chi connectivity index (χ1) is 10.7. The van der Waals surface area contributed by atoms with Crippen molar-refractivity contribution < 1.29 is 0 Å². The number of hydrogen-bond acceptors (Lipinski definition) is 0. The van der Waals surface area contributed by atoms with Crippen LogP contribution in [0, 0.1) is 59.2 Å². The lowest BCUT2D eigenvalue weighted by atomic mass is 9.61. The van der Waals surface area contributed by atoms with E-state index in [9.17, 15) is 0 Å². The highest BCUT2D eigenvalue weighted by atomic mass is 14.7. The van der Waals surface area contributed by atoms with Crippen molar-refractivity contribution in [2.24, 2.45) is 59.2 Å². The molecule has 5 saturated carbocycles. The zero-order chi connectivity index (χ0) is 16.0. The third-order valence-corrected chi connectivity index (χ3v) is 8.15. The van der Waals surface area contributed by atoms with Crippen molar-refractivity contribution in [1.82, 2.24) is 0 Å². The van der Waals surface area contributed by atoms with Crippen LogP contribution in [0.4, 0.5) is 0 Å². The Morgan fingerprint density at radius 3 is 2.00 bits per heavy atom. The first-order valence-corrected chi connectivity index (χ1v) is 10.7. The maximum absolute atomic E-state index is 2.57. The second kappa shape index (κ2) is 6.48. The molecule has 10 atom stereocenters. The Hall–Kier alpha value is 0. The summed E-state index contributed by atoms with van der Waals surface area (Å²) in [6.45, 7) is 13.4. The highest BCUT2D eigenvalue weighted by molar-refractivity contribution is 5.16. The largest absolute Gasteiger partial charge is 0.0683 e. The van der Waals surface area contributed by atoms with Crippen LogP contribution in [0.25, 0.3) is 0 Å². The highest BCUT2D eigenvalue weighted by Crippen LogP contribution is 2.74. The van der Waals surface area contributed by atoms with Gasteiger partial charge in [-0.1, -0.05) is 54.4 Å². The summed E-state index contributed by atoms with van der Waals surface area (Å²) >= 11 is 0. The second-order valence-corrected chi connectivity index (χ2v) is 9.09. The van der Waals surface area contributed by atoms with Gasteiger partial charge < -0.3 is 0 Å². The van der Waals surface area contributed by atoms with Crippen LogP contribution in [0.1, 0.15) is 80.1 Å². The van der Waals surface area contributed by atoms with Gasteiger partial charge in [-0.2, -0.15) is 0 Å². The molecule has 0 heterocycles. The number of fused-ring (bicyclic) bond motifs is 12. The zero-order valence-corrected chi connectivity index (χ0v) is 16.0. The molecule has 5 fully saturated rings. The van der Waals surface area contributed by atoms with Gasteiger partial charge in [0.2, 0.25) is 0 Å². The van der Waals surface area contributed by atoms with Crippen LogP contribution in [0.5, 0.6) is 0 Å². The first kappa shape index (κ1) is 16.8. The molecule has 0 nitrogen and oxygen atoms in total. The lowest BCUT2D eigenvalue weighted by Crippen LogP contribution is -2.39. The molecule has 0 aromatic heterocycles. The van der Waals surface area contributed by atoms with Crippen LogP contribution >= 0.6 is 0 Å². The molecule has 5 rings (SSSR count). The Labute approximate surface area is 139 Å². The number of hydrogen-bond donors (Lipinski definition) is 0. The molecule has 0 spiro atoms. The fourth-order valence-corrected chi connectivity index (χ4v) is 8.02. The quantitative estimate of drug-likeness (QED) is 0.439. The average Bonchev–Trinajstić information content (AvgIpc) is 3.25. The molecule has 10 unspecified atom stereocenters. The van der Waals surface area contributed by atoms with Gasteiger partial charge in [-0.15, -0.1) is 0 Å². The van der Waals surface area contributed by atoms with Crippen LogP contribution < -0.4 is 0 Å². The van der Waals surface area contributed by atoms with Gasteiger partial charge in [-0.25, -0.2) is 0 Å². The van der Waals surface area contributed by atoms with E-state index >= 15 is 0 Å². The van der Waals surface area contributed by atoms with Gasteiger partial charge in [0, 0.05) is 0 Å². The van der Waals surface area contributed by atoms with E-state index in [-0.39, 0.29) is 0 Å². The fourth-order valence-electron chi connectivity index (χ4n) is 8.02. The first-order valence-electron chi connectivity index (χ1n) is 10.7. The normalized spacial score (nSPS) is 55.9. The topological polar surface area (TPSA) is 0 Å². The van der Waals surface area contributed by atoms with Crippen LogP contribution in [0.3, 0.4) is 0 Å². The Morgan fingerprint density at radius 1 is 0.636 bits per heavy atom. The van der Waals surface area contributed by atoms with Crippen LogP contribution in [-0.4, -0.2) is 0 Å². The molecule has 0 aliphatic heterocycles. The monoisotopic (exact) mass is 304 g/mol. The van der Waals surface area contributed by atoms with Gasteiger partial charge in [0.25, 0.3) is 0 Å². The van der Waals surface area contributed by atoms with E-state index in [1.807, 2.05) is 13.8 Å². The van der Waals surface area contributed by atoms with Crippen LogP contribution in [0.2, 0.25) is 0 Å². The van der Waals surface area contributed by atoms with Gasteiger partial charge >= 0.3 is 0 Å². The smallest absolute Gasteiger partial charge is 0.0318 e. The Morgan fingerprint density at radius 2 is 1.32 bits per heavy atom. The van der Waals surface area contributed by atoms with Crippen molar-refractivity contribution >= 4 is 0 Å². The van der Waals surface area contributed by atoms with E-state index in [1.165, 1.54) is 47.8 Å². The van der Waals surface area contributed by atoms with Crippen LogP contribution in [0.15, 0.2) is 0 Å². The lowest BCUT2D eigenvalue weighted by Gasteiger charge is -2.43. The molecule has 128 valence electrons. The summed E-state index contributed by atoms with van der Waals surface area (Å²) in [5.74, 6) is 11.6. The summed E-state index contributed by atoms with van der Waals surface area (Å²) < 4.78 is 0.